The van der Waals surface area contributed by atoms with Crippen molar-refractivity contribution in [3.8, 4) is 0 Å². The van der Waals surface area contributed by atoms with Crippen LogP contribution in [0.3, 0.4) is 0 Å². The van der Waals surface area contributed by atoms with Crippen LogP contribution in [0.2, 0.25) is 0 Å². The molecule has 0 aromatic heterocycles. The summed E-state index contributed by atoms with van der Waals surface area (Å²) in [6.45, 7) is 3.77. The summed E-state index contributed by atoms with van der Waals surface area (Å²) >= 11 is 0. The first kappa shape index (κ1) is 8.95. The van der Waals surface area contributed by atoms with Gasteiger partial charge in [-0.15, -0.1) is 0 Å². The summed E-state index contributed by atoms with van der Waals surface area (Å²) in [5.74, 6) is -2.52. The lowest BCUT2D eigenvalue weighted by atomic mass is 9.79. The van der Waals surface area contributed by atoms with Crippen LogP contribution in [-0.2, 0) is 0 Å². The normalized spacial score (nSPS) is 37.1. The topological polar surface area (TPSA) is 0 Å². The molecule has 1 fully saturated rings. The summed E-state index contributed by atoms with van der Waals surface area (Å²) in [5.41, 5.74) is 0. The average molecular weight is 162 g/mol. The Morgan fingerprint density at radius 1 is 1.36 bits per heavy atom. The first-order valence-electron chi connectivity index (χ1n) is 4.44. The Morgan fingerprint density at radius 3 is 2.45 bits per heavy atom. The summed E-state index contributed by atoms with van der Waals surface area (Å²) < 4.78 is 26.2. The molecule has 1 rings (SSSR count). The lowest BCUT2D eigenvalue weighted by Gasteiger charge is -2.33. The minimum absolute atomic E-state index is 0.103. The van der Waals surface area contributed by atoms with Gasteiger partial charge in [-0.05, 0) is 18.8 Å². The SMILES string of the molecule is CCC1CCC(C)CC1(F)F. The molecule has 1 aliphatic carbocycles. The van der Waals surface area contributed by atoms with E-state index in [1.165, 1.54) is 0 Å². The van der Waals surface area contributed by atoms with Crippen molar-refractivity contribution >= 4 is 0 Å². The molecule has 11 heavy (non-hydrogen) atoms. The predicted molar refractivity (Wildman–Crippen MR) is 41.7 cm³/mol. The Labute approximate surface area is 67.0 Å². The van der Waals surface area contributed by atoms with Crippen LogP contribution in [0.1, 0.15) is 39.5 Å². The number of rotatable bonds is 1. The van der Waals surface area contributed by atoms with E-state index < -0.39 is 5.92 Å². The molecule has 0 nitrogen and oxygen atoms in total. The number of halogens is 2. The molecule has 0 aromatic rings. The highest BCUT2D eigenvalue weighted by molar-refractivity contribution is 4.83. The largest absolute Gasteiger partial charge is 0.251 e. The zero-order valence-corrected chi connectivity index (χ0v) is 7.24. The van der Waals surface area contributed by atoms with Crippen molar-refractivity contribution in [3.63, 3.8) is 0 Å². The standard InChI is InChI=1S/C9H16F2/c1-3-8-5-4-7(2)6-9(8,10)11/h7-8H,3-6H2,1-2H3. The molecule has 1 saturated carbocycles. The summed E-state index contributed by atoms with van der Waals surface area (Å²) in [5, 5.41) is 0. The van der Waals surface area contributed by atoms with Gasteiger partial charge in [0.05, 0.1) is 0 Å². The molecular formula is C9H16F2. The quantitative estimate of drug-likeness (QED) is 0.553. The molecule has 0 aliphatic heterocycles. The summed E-state index contributed by atoms with van der Waals surface area (Å²) in [6.07, 6.45) is 2.42. The Hall–Kier alpha value is -0.140. The highest BCUT2D eigenvalue weighted by Gasteiger charge is 2.42. The van der Waals surface area contributed by atoms with Gasteiger partial charge in [-0.3, -0.25) is 0 Å². The molecule has 0 heterocycles. The second kappa shape index (κ2) is 3.08. The molecule has 0 amide bonds. The van der Waals surface area contributed by atoms with Crippen molar-refractivity contribution in [2.24, 2.45) is 11.8 Å². The lowest BCUT2D eigenvalue weighted by molar-refractivity contribution is -0.100. The Bertz CT molecular complexity index is 132. The van der Waals surface area contributed by atoms with E-state index in [-0.39, 0.29) is 18.3 Å². The molecule has 2 unspecified atom stereocenters. The molecule has 0 saturated heterocycles. The first-order valence-corrected chi connectivity index (χ1v) is 4.44. The Kier molecular flexibility index (Phi) is 2.50. The number of hydrogen-bond acceptors (Lipinski definition) is 0. The van der Waals surface area contributed by atoms with Crippen molar-refractivity contribution < 1.29 is 8.78 Å². The van der Waals surface area contributed by atoms with Gasteiger partial charge < -0.3 is 0 Å². The Morgan fingerprint density at radius 2 is 2.00 bits per heavy atom. The minimum atomic E-state index is -2.38. The van der Waals surface area contributed by atoms with E-state index in [0.29, 0.717) is 12.8 Å². The van der Waals surface area contributed by atoms with Crippen LogP contribution < -0.4 is 0 Å². The van der Waals surface area contributed by atoms with Gasteiger partial charge in [0.1, 0.15) is 0 Å². The molecule has 0 bridgehead atoms. The predicted octanol–water partition coefficient (Wildman–Crippen LogP) is 3.47. The van der Waals surface area contributed by atoms with E-state index in [1.807, 2.05) is 13.8 Å². The van der Waals surface area contributed by atoms with Gasteiger partial charge >= 0.3 is 0 Å². The van der Waals surface area contributed by atoms with E-state index in [0.717, 1.165) is 6.42 Å². The summed E-state index contributed by atoms with van der Waals surface area (Å²) in [6, 6.07) is 0. The fourth-order valence-electron chi connectivity index (χ4n) is 1.93. The van der Waals surface area contributed by atoms with E-state index in [9.17, 15) is 8.78 Å². The van der Waals surface area contributed by atoms with Crippen molar-refractivity contribution in [2.75, 3.05) is 0 Å². The van der Waals surface area contributed by atoms with Crippen LogP contribution in [0.15, 0.2) is 0 Å². The third-order valence-corrected chi connectivity index (χ3v) is 2.72. The molecule has 2 heteroatoms. The van der Waals surface area contributed by atoms with Crippen molar-refractivity contribution in [1.82, 2.24) is 0 Å². The van der Waals surface area contributed by atoms with Gasteiger partial charge in [0.25, 0.3) is 5.92 Å². The smallest absolute Gasteiger partial charge is 0.207 e. The summed E-state index contributed by atoms with van der Waals surface area (Å²) in [7, 11) is 0. The fraction of sp³-hybridized carbons (Fsp3) is 1.00. The van der Waals surface area contributed by atoms with Gasteiger partial charge in [0, 0.05) is 12.3 Å². The number of alkyl halides is 2. The average Bonchev–Trinajstić information content (AvgIpc) is 1.85. The second-order valence-corrected chi connectivity index (χ2v) is 3.75. The van der Waals surface area contributed by atoms with Crippen molar-refractivity contribution in [3.05, 3.63) is 0 Å². The highest BCUT2D eigenvalue weighted by atomic mass is 19.3. The zero-order chi connectivity index (χ0) is 8.48. The molecule has 0 N–H and O–H groups in total. The molecule has 0 radical (unpaired) electrons. The van der Waals surface area contributed by atoms with E-state index >= 15 is 0 Å². The van der Waals surface area contributed by atoms with Crippen LogP contribution in [0.5, 0.6) is 0 Å². The second-order valence-electron chi connectivity index (χ2n) is 3.75. The Balaban J connectivity index is 2.56. The van der Waals surface area contributed by atoms with Gasteiger partial charge in [-0.1, -0.05) is 20.3 Å². The van der Waals surface area contributed by atoms with Gasteiger partial charge in [0.15, 0.2) is 0 Å². The first-order chi connectivity index (χ1) is 5.06. The van der Waals surface area contributed by atoms with Gasteiger partial charge in [-0.25, -0.2) is 8.78 Å². The lowest BCUT2D eigenvalue weighted by Crippen LogP contribution is -2.34. The molecule has 0 spiro atoms. The van der Waals surface area contributed by atoms with Crippen molar-refractivity contribution in [1.29, 1.82) is 0 Å². The third kappa shape index (κ3) is 1.91. The molecule has 1 aliphatic rings. The molecule has 2 atom stereocenters. The van der Waals surface area contributed by atoms with Crippen LogP contribution in [-0.4, -0.2) is 5.92 Å². The van der Waals surface area contributed by atoms with E-state index in [4.69, 9.17) is 0 Å². The third-order valence-electron chi connectivity index (χ3n) is 2.72. The monoisotopic (exact) mass is 162 g/mol. The van der Waals surface area contributed by atoms with Crippen LogP contribution in [0.4, 0.5) is 8.78 Å². The van der Waals surface area contributed by atoms with Crippen LogP contribution in [0, 0.1) is 11.8 Å². The fourth-order valence-corrected chi connectivity index (χ4v) is 1.93. The highest BCUT2D eigenvalue weighted by Crippen LogP contribution is 2.42. The molecule has 0 aromatic carbocycles. The maximum absolute atomic E-state index is 13.1. The maximum atomic E-state index is 13.1. The van der Waals surface area contributed by atoms with Crippen LogP contribution in [0.25, 0.3) is 0 Å². The molecule has 66 valence electrons. The zero-order valence-electron chi connectivity index (χ0n) is 7.24. The molecular weight excluding hydrogens is 146 g/mol. The maximum Gasteiger partial charge on any atom is 0.251 e. The van der Waals surface area contributed by atoms with Gasteiger partial charge in [-0.2, -0.15) is 0 Å². The summed E-state index contributed by atoms with van der Waals surface area (Å²) in [4.78, 5) is 0. The van der Waals surface area contributed by atoms with Gasteiger partial charge in [0.2, 0.25) is 0 Å². The van der Waals surface area contributed by atoms with E-state index in [1.54, 1.807) is 0 Å². The minimum Gasteiger partial charge on any atom is -0.207 e. The van der Waals surface area contributed by atoms with Crippen LogP contribution >= 0.6 is 0 Å². The number of hydrogen-bond donors (Lipinski definition) is 0. The van der Waals surface area contributed by atoms with E-state index in [2.05, 4.69) is 0 Å². The van der Waals surface area contributed by atoms with Crippen molar-refractivity contribution in [2.45, 2.75) is 45.5 Å².